The average Bonchev–Trinajstić information content (AvgIpc) is 2.97. The number of sulfonamides is 1. The molecule has 0 radical (unpaired) electrons. The van der Waals surface area contributed by atoms with E-state index in [1.54, 1.807) is 11.2 Å². The summed E-state index contributed by atoms with van der Waals surface area (Å²) in [5.41, 5.74) is 5.47. The minimum Gasteiger partial charge on any atom is -0.329 e. The molecule has 0 aromatic carbocycles. The summed E-state index contributed by atoms with van der Waals surface area (Å²) in [5.74, 6) is 0. The molecule has 2 unspecified atom stereocenters. The molecule has 0 amide bonds. The van der Waals surface area contributed by atoms with Crippen LogP contribution < -0.4 is 5.73 Å². The first-order valence-corrected chi connectivity index (χ1v) is 7.99. The molecule has 2 atom stereocenters. The van der Waals surface area contributed by atoms with Crippen LogP contribution in [0.5, 0.6) is 0 Å². The third-order valence-corrected chi connectivity index (χ3v) is 6.24. The van der Waals surface area contributed by atoms with Gasteiger partial charge < -0.3 is 5.73 Å². The summed E-state index contributed by atoms with van der Waals surface area (Å²) >= 11 is 0. The van der Waals surface area contributed by atoms with Gasteiger partial charge in [-0.15, -0.1) is 0 Å². The summed E-state index contributed by atoms with van der Waals surface area (Å²) in [7, 11) is -3.17. The van der Waals surface area contributed by atoms with Gasteiger partial charge >= 0.3 is 0 Å². The third kappa shape index (κ3) is 2.65. The molecular formula is C11H23N3O2S. The molecular weight excluding hydrogens is 238 g/mol. The van der Waals surface area contributed by atoms with Crippen molar-refractivity contribution >= 4 is 10.0 Å². The lowest BCUT2D eigenvalue weighted by molar-refractivity contribution is 0.251. The van der Waals surface area contributed by atoms with Crippen molar-refractivity contribution in [2.24, 2.45) is 5.73 Å². The first-order chi connectivity index (χ1) is 8.05. The Morgan fingerprint density at radius 3 is 2.53 bits per heavy atom. The zero-order chi connectivity index (χ0) is 12.5. The van der Waals surface area contributed by atoms with Crippen LogP contribution in [-0.4, -0.2) is 61.6 Å². The minimum absolute atomic E-state index is 0.202. The Bertz CT molecular complexity index is 352. The van der Waals surface area contributed by atoms with Gasteiger partial charge in [-0.05, 0) is 39.3 Å². The number of hydrogen-bond donors (Lipinski definition) is 1. The van der Waals surface area contributed by atoms with Gasteiger partial charge in [-0.2, -0.15) is 0 Å². The molecule has 2 aliphatic heterocycles. The number of hydrogen-bond acceptors (Lipinski definition) is 4. The van der Waals surface area contributed by atoms with E-state index in [2.05, 4.69) is 4.90 Å². The maximum absolute atomic E-state index is 12.2. The van der Waals surface area contributed by atoms with E-state index in [4.69, 9.17) is 5.73 Å². The Morgan fingerprint density at radius 1 is 1.29 bits per heavy atom. The summed E-state index contributed by atoms with van der Waals surface area (Å²) in [6, 6.07) is 0.428. The van der Waals surface area contributed by atoms with Crippen molar-refractivity contribution in [3.05, 3.63) is 0 Å². The van der Waals surface area contributed by atoms with Gasteiger partial charge in [-0.1, -0.05) is 0 Å². The fourth-order valence-electron chi connectivity index (χ4n) is 2.72. The molecule has 2 rings (SSSR count). The van der Waals surface area contributed by atoms with Gasteiger partial charge in [0.1, 0.15) is 0 Å². The van der Waals surface area contributed by atoms with Crippen molar-refractivity contribution in [1.29, 1.82) is 0 Å². The van der Waals surface area contributed by atoms with Crippen LogP contribution in [0.2, 0.25) is 0 Å². The van der Waals surface area contributed by atoms with Gasteiger partial charge in [-0.25, -0.2) is 12.7 Å². The van der Waals surface area contributed by atoms with Crippen LogP contribution in [0.4, 0.5) is 0 Å². The van der Waals surface area contributed by atoms with Crippen LogP contribution in [-0.2, 0) is 10.0 Å². The second-order valence-corrected chi connectivity index (χ2v) is 7.49. The standard InChI is InChI=1S/C11H23N3O2S/c1-10(8-12)17(15,16)14-7-4-11(9-14)13-5-2-3-6-13/h10-11H,2-9,12H2,1H3. The molecule has 0 bridgehead atoms. The minimum atomic E-state index is -3.17. The van der Waals surface area contributed by atoms with Crippen molar-refractivity contribution in [3.63, 3.8) is 0 Å². The molecule has 0 aromatic heterocycles. The second-order valence-electron chi connectivity index (χ2n) is 5.13. The molecule has 0 spiro atoms. The fourth-order valence-corrected chi connectivity index (χ4v) is 4.21. The predicted octanol–water partition coefficient (Wildman–Crippen LogP) is -0.166. The molecule has 6 heteroatoms. The highest BCUT2D eigenvalue weighted by molar-refractivity contribution is 7.89. The van der Waals surface area contributed by atoms with E-state index in [1.807, 2.05) is 0 Å². The van der Waals surface area contributed by atoms with Gasteiger partial charge in [0, 0.05) is 25.7 Å². The van der Waals surface area contributed by atoms with Crippen molar-refractivity contribution in [2.45, 2.75) is 37.5 Å². The van der Waals surface area contributed by atoms with Crippen LogP contribution in [0, 0.1) is 0 Å². The Balaban J connectivity index is 1.97. The summed E-state index contributed by atoms with van der Waals surface area (Å²) in [6.45, 7) is 5.47. The summed E-state index contributed by atoms with van der Waals surface area (Å²) in [6.07, 6.45) is 3.47. The highest BCUT2D eigenvalue weighted by Crippen LogP contribution is 2.23. The maximum atomic E-state index is 12.2. The van der Waals surface area contributed by atoms with Crippen LogP contribution in [0.25, 0.3) is 0 Å². The average molecular weight is 261 g/mol. The van der Waals surface area contributed by atoms with Gasteiger partial charge in [-0.3, -0.25) is 4.90 Å². The number of rotatable bonds is 4. The molecule has 2 N–H and O–H groups in total. The highest BCUT2D eigenvalue weighted by atomic mass is 32.2. The second kappa shape index (κ2) is 5.22. The smallest absolute Gasteiger partial charge is 0.218 e. The molecule has 5 nitrogen and oxygen atoms in total. The normalized spacial score (nSPS) is 29.9. The van der Waals surface area contributed by atoms with E-state index in [1.165, 1.54) is 12.8 Å². The third-order valence-electron chi connectivity index (χ3n) is 3.98. The van der Waals surface area contributed by atoms with E-state index in [9.17, 15) is 8.42 Å². The molecule has 2 aliphatic rings. The zero-order valence-electron chi connectivity index (χ0n) is 10.5. The van der Waals surface area contributed by atoms with Gasteiger partial charge in [0.2, 0.25) is 10.0 Å². The Morgan fingerprint density at radius 2 is 1.94 bits per heavy atom. The topological polar surface area (TPSA) is 66.6 Å². The summed E-state index contributed by atoms with van der Waals surface area (Å²) in [4.78, 5) is 2.43. The first kappa shape index (κ1) is 13.3. The van der Waals surface area contributed by atoms with Gasteiger partial charge in [0.05, 0.1) is 5.25 Å². The molecule has 2 fully saturated rings. The fraction of sp³-hybridized carbons (Fsp3) is 1.00. The quantitative estimate of drug-likeness (QED) is 0.763. The van der Waals surface area contributed by atoms with E-state index < -0.39 is 15.3 Å². The molecule has 2 heterocycles. The van der Waals surface area contributed by atoms with E-state index in [0.717, 1.165) is 19.5 Å². The Kier molecular flexibility index (Phi) is 4.07. The lowest BCUT2D eigenvalue weighted by atomic mass is 10.2. The number of nitrogens with zero attached hydrogens (tertiary/aromatic N) is 2. The first-order valence-electron chi connectivity index (χ1n) is 6.49. The summed E-state index contributed by atoms with van der Waals surface area (Å²) in [5, 5.41) is -0.458. The van der Waals surface area contributed by atoms with Gasteiger partial charge in [0.25, 0.3) is 0 Å². The lowest BCUT2D eigenvalue weighted by Crippen LogP contribution is -2.42. The van der Waals surface area contributed by atoms with E-state index >= 15 is 0 Å². The van der Waals surface area contributed by atoms with Crippen LogP contribution >= 0.6 is 0 Å². The van der Waals surface area contributed by atoms with Crippen molar-refractivity contribution in [1.82, 2.24) is 9.21 Å². The largest absolute Gasteiger partial charge is 0.329 e. The molecule has 2 saturated heterocycles. The number of nitrogens with two attached hydrogens (primary N) is 1. The SMILES string of the molecule is CC(CN)S(=O)(=O)N1CCC(N2CCCC2)C1. The summed E-state index contributed by atoms with van der Waals surface area (Å²) < 4.78 is 25.9. The van der Waals surface area contributed by atoms with Crippen molar-refractivity contribution in [2.75, 3.05) is 32.7 Å². The maximum Gasteiger partial charge on any atom is 0.218 e. The van der Waals surface area contributed by atoms with Crippen LogP contribution in [0.15, 0.2) is 0 Å². The molecule has 0 saturated carbocycles. The molecule has 0 aromatic rings. The highest BCUT2D eigenvalue weighted by Gasteiger charge is 2.37. The van der Waals surface area contributed by atoms with Crippen molar-refractivity contribution < 1.29 is 8.42 Å². The Labute approximate surface area is 104 Å². The molecule has 17 heavy (non-hydrogen) atoms. The molecule has 100 valence electrons. The van der Waals surface area contributed by atoms with Crippen molar-refractivity contribution in [3.8, 4) is 0 Å². The van der Waals surface area contributed by atoms with Crippen LogP contribution in [0.1, 0.15) is 26.2 Å². The number of likely N-dealkylation sites (tertiary alicyclic amines) is 1. The Hall–Kier alpha value is -0.170. The van der Waals surface area contributed by atoms with Gasteiger partial charge in [0.15, 0.2) is 0 Å². The lowest BCUT2D eigenvalue weighted by Gasteiger charge is -2.24. The van der Waals surface area contributed by atoms with Crippen LogP contribution in [0.3, 0.4) is 0 Å². The zero-order valence-corrected chi connectivity index (χ0v) is 11.3. The van der Waals surface area contributed by atoms with E-state index in [0.29, 0.717) is 19.1 Å². The molecule has 0 aliphatic carbocycles. The van der Waals surface area contributed by atoms with E-state index in [-0.39, 0.29) is 6.54 Å². The monoisotopic (exact) mass is 261 g/mol. The predicted molar refractivity (Wildman–Crippen MR) is 68.2 cm³/mol.